The van der Waals surface area contributed by atoms with Crippen molar-refractivity contribution in [3.8, 4) is 34.1 Å². The fourth-order valence-corrected chi connectivity index (χ4v) is 4.99. The summed E-state index contributed by atoms with van der Waals surface area (Å²) < 4.78 is 23.1. The van der Waals surface area contributed by atoms with Crippen LogP contribution >= 0.6 is 0 Å². The highest BCUT2D eigenvalue weighted by Crippen LogP contribution is 2.50. The normalized spacial score (nSPS) is 28.4. The van der Waals surface area contributed by atoms with Crippen molar-refractivity contribution >= 4 is 0 Å². The van der Waals surface area contributed by atoms with E-state index in [0.29, 0.717) is 48.8 Å². The Morgan fingerprint density at radius 3 is 2.30 bits per heavy atom. The largest absolute Gasteiger partial charge is 0.507 e. The van der Waals surface area contributed by atoms with Crippen molar-refractivity contribution in [1.29, 1.82) is 0 Å². The lowest BCUT2D eigenvalue weighted by atomic mass is 9.95. The first kappa shape index (κ1) is 27.4. The summed E-state index contributed by atoms with van der Waals surface area (Å²) in [4.78, 5) is 0. The number of aliphatic hydroxyl groups excluding tert-OH is 5. The third-order valence-electron chi connectivity index (χ3n) is 7.11. The van der Waals surface area contributed by atoms with Crippen LogP contribution in [0.15, 0.2) is 24.3 Å². The van der Waals surface area contributed by atoms with Crippen molar-refractivity contribution in [2.75, 3.05) is 20.8 Å². The van der Waals surface area contributed by atoms with Gasteiger partial charge in [-0.05, 0) is 61.4 Å². The number of fused-ring (bicyclic) bond motifs is 5. The van der Waals surface area contributed by atoms with Gasteiger partial charge in [0.1, 0.15) is 30.2 Å². The fraction of sp³-hybridized carbons (Fsp3) is 0.556. The summed E-state index contributed by atoms with van der Waals surface area (Å²) in [6, 6.07) is 7.13. The summed E-state index contributed by atoms with van der Waals surface area (Å²) >= 11 is 0. The average molecular weight is 521 g/mol. The number of aliphatic hydroxyl groups is 5. The Balaban J connectivity index is 1.84. The van der Waals surface area contributed by atoms with Crippen molar-refractivity contribution < 1.29 is 49.6 Å². The Bertz CT molecular complexity index is 1070. The van der Waals surface area contributed by atoms with Gasteiger partial charge in [-0.3, -0.25) is 0 Å². The molecule has 0 unspecified atom stereocenters. The number of hydrogen-bond acceptors (Lipinski definition) is 10. The van der Waals surface area contributed by atoms with Crippen LogP contribution in [0.3, 0.4) is 0 Å². The summed E-state index contributed by atoms with van der Waals surface area (Å²) in [5.41, 5.74) is 2.73. The van der Waals surface area contributed by atoms with Gasteiger partial charge >= 0.3 is 0 Å². The Morgan fingerprint density at radius 1 is 0.838 bits per heavy atom. The number of methoxy groups -OCH3 is 2. The zero-order valence-corrected chi connectivity index (χ0v) is 21.0. The van der Waals surface area contributed by atoms with E-state index in [1.54, 1.807) is 6.07 Å². The van der Waals surface area contributed by atoms with E-state index in [-0.39, 0.29) is 23.0 Å². The molecule has 10 heteroatoms. The maximum absolute atomic E-state index is 10.8. The van der Waals surface area contributed by atoms with Crippen molar-refractivity contribution in [2.24, 2.45) is 0 Å². The van der Waals surface area contributed by atoms with Gasteiger partial charge in [-0.1, -0.05) is 12.5 Å². The van der Waals surface area contributed by atoms with Gasteiger partial charge in [0.05, 0.1) is 26.9 Å². The van der Waals surface area contributed by atoms with Crippen molar-refractivity contribution in [3.63, 3.8) is 0 Å². The number of aromatic hydroxyl groups is 1. The maximum atomic E-state index is 10.8. The molecule has 0 amide bonds. The molecule has 6 atom stereocenters. The Labute approximate surface area is 215 Å². The third kappa shape index (κ3) is 5.64. The summed E-state index contributed by atoms with van der Waals surface area (Å²) in [7, 11) is 2.90. The molecule has 0 saturated carbocycles. The summed E-state index contributed by atoms with van der Waals surface area (Å²) in [6.07, 6.45) is -3.87. The van der Waals surface area contributed by atoms with Crippen LogP contribution in [-0.2, 0) is 17.6 Å². The van der Waals surface area contributed by atoms with Gasteiger partial charge < -0.3 is 49.6 Å². The van der Waals surface area contributed by atoms with Gasteiger partial charge in [0.25, 0.3) is 0 Å². The molecule has 0 spiro atoms. The highest BCUT2D eigenvalue weighted by atomic mass is 16.7. The summed E-state index contributed by atoms with van der Waals surface area (Å²) in [5, 5.41) is 61.7. The molecule has 1 heterocycles. The second-order valence-corrected chi connectivity index (χ2v) is 9.58. The van der Waals surface area contributed by atoms with Gasteiger partial charge in [0, 0.05) is 11.1 Å². The minimum Gasteiger partial charge on any atom is -0.507 e. The number of phenolic OH excluding ortho intramolecular Hbond substituents is 1. The van der Waals surface area contributed by atoms with Crippen LogP contribution in [0.25, 0.3) is 11.1 Å². The molecule has 1 aliphatic heterocycles. The number of aryl methyl sites for hydroxylation is 2. The van der Waals surface area contributed by atoms with Gasteiger partial charge in [-0.25, -0.2) is 0 Å². The molecular formula is C27H36O10. The molecule has 204 valence electrons. The van der Waals surface area contributed by atoms with Crippen LogP contribution in [0.1, 0.15) is 36.8 Å². The molecule has 1 aliphatic carbocycles. The number of ether oxygens (including phenoxy) is 4. The van der Waals surface area contributed by atoms with Gasteiger partial charge in [0.15, 0.2) is 11.5 Å². The summed E-state index contributed by atoms with van der Waals surface area (Å²) in [6.45, 7) is -0.588. The second kappa shape index (κ2) is 11.8. The molecule has 2 aromatic rings. The predicted octanol–water partition coefficient (Wildman–Crippen LogP) is 1.27. The highest BCUT2D eigenvalue weighted by Gasteiger charge is 2.45. The van der Waals surface area contributed by atoms with Crippen molar-refractivity contribution in [1.82, 2.24) is 0 Å². The fourth-order valence-electron chi connectivity index (χ4n) is 4.99. The summed E-state index contributed by atoms with van der Waals surface area (Å²) in [5.74, 6) is 0.742. The number of hydrogen-bond donors (Lipinski definition) is 6. The Morgan fingerprint density at radius 2 is 1.59 bits per heavy atom. The minimum atomic E-state index is -1.61. The number of benzene rings is 2. The molecule has 37 heavy (non-hydrogen) atoms. The van der Waals surface area contributed by atoms with Gasteiger partial charge in [-0.2, -0.15) is 0 Å². The van der Waals surface area contributed by atoms with E-state index in [1.807, 2.05) is 18.2 Å². The monoisotopic (exact) mass is 520 g/mol. The molecule has 1 fully saturated rings. The lowest BCUT2D eigenvalue weighted by molar-refractivity contribution is -0.277. The Hall–Kier alpha value is -2.60. The van der Waals surface area contributed by atoms with E-state index in [0.717, 1.165) is 12.0 Å². The first-order valence-corrected chi connectivity index (χ1v) is 12.5. The van der Waals surface area contributed by atoms with Crippen LogP contribution in [0.2, 0.25) is 0 Å². The van der Waals surface area contributed by atoms with E-state index < -0.39 is 43.4 Å². The predicted molar refractivity (Wildman–Crippen MR) is 133 cm³/mol. The molecule has 0 aromatic heterocycles. The zero-order chi connectivity index (χ0) is 26.7. The van der Waals surface area contributed by atoms with Crippen molar-refractivity contribution in [3.05, 3.63) is 35.4 Å². The highest BCUT2D eigenvalue weighted by molar-refractivity contribution is 5.81. The van der Waals surface area contributed by atoms with E-state index in [2.05, 4.69) is 0 Å². The molecule has 2 aromatic carbocycles. The van der Waals surface area contributed by atoms with Crippen LogP contribution in [0.5, 0.6) is 23.0 Å². The van der Waals surface area contributed by atoms with Crippen LogP contribution in [-0.4, -0.2) is 88.3 Å². The van der Waals surface area contributed by atoms with Crippen molar-refractivity contribution in [2.45, 2.75) is 75.3 Å². The van der Waals surface area contributed by atoms with E-state index >= 15 is 0 Å². The Kier molecular flexibility index (Phi) is 8.79. The lowest BCUT2D eigenvalue weighted by Crippen LogP contribution is -2.60. The molecular weight excluding hydrogens is 484 g/mol. The maximum Gasteiger partial charge on any atom is 0.229 e. The zero-order valence-electron chi connectivity index (χ0n) is 21.0. The third-order valence-corrected chi connectivity index (χ3v) is 7.11. The first-order valence-electron chi connectivity index (χ1n) is 12.5. The van der Waals surface area contributed by atoms with Gasteiger partial charge in [0.2, 0.25) is 12.0 Å². The van der Waals surface area contributed by atoms with E-state index in [9.17, 15) is 30.6 Å². The molecule has 6 N–H and O–H groups in total. The topological polar surface area (TPSA) is 158 Å². The van der Waals surface area contributed by atoms with Gasteiger partial charge in [-0.15, -0.1) is 0 Å². The average Bonchev–Trinajstić information content (AvgIpc) is 2.91. The number of rotatable bonds is 5. The van der Waals surface area contributed by atoms with Crippen LogP contribution < -0.4 is 14.2 Å². The minimum absolute atomic E-state index is 0.0491. The molecule has 0 radical (unpaired) electrons. The standard InChI is InChI=1S/C27H36O10/c1-34-25-18-12-15(5-3-4-6-16(29)9-7-14-8-10-19(30)17(18)11-14)24(26(25)35-2)37-27-23(33)22(32)21(31)20(13-28)36-27/h8,10-12,16,20-23,27-33H,3-7,9,13H2,1-2H3/t16-,20-,21-,22+,23+,27-/m1/s1. The SMILES string of the molecule is COc1c2cc(c(O[C@H]3O[C@H](CO)[C@@H](O)[C@H](O)[C@@H]3O)c1OC)CCCC[C@@H](O)CCc1ccc(O)c-2c1. The lowest BCUT2D eigenvalue weighted by Gasteiger charge is -2.40. The van der Waals surface area contributed by atoms with Crippen LogP contribution in [0.4, 0.5) is 0 Å². The smallest absolute Gasteiger partial charge is 0.229 e. The number of phenols is 1. The van der Waals surface area contributed by atoms with E-state index in [1.165, 1.54) is 14.2 Å². The molecule has 10 nitrogen and oxygen atoms in total. The first-order chi connectivity index (χ1) is 17.8. The molecule has 4 bridgehead atoms. The molecule has 4 rings (SSSR count). The van der Waals surface area contributed by atoms with Crippen LogP contribution in [0, 0.1) is 0 Å². The quantitative estimate of drug-likeness (QED) is 0.339. The molecule has 1 saturated heterocycles. The molecule has 2 aliphatic rings. The second-order valence-electron chi connectivity index (χ2n) is 9.58. The van der Waals surface area contributed by atoms with E-state index in [4.69, 9.17) is 18.9 Å².